The van der Waals surface area contributed by atoms with Crippen molar-refractivity contribution in [3.63, 3.8) is 0 Å². The van der Waals surface area contributed by atoms with Crippen LogP contribution in [0.3, 0.4) is 0 Å². The monoisotopic (exact) mass is 563 g/mol. The van der Waals surface area contributed by atoms with Crippen LogP contribution in [-0.4, -0.2) is 58.4 Å². The molecule has 9 nitrogen and oxygen atoms in total. The van der Waals surface area contributed by atoms with Crippen LogP contribution in [0.5, 0.6) is 11.5 Å². The van der Waals surface area contributed by atoms with E-state index >= 15 is 0 Å². The van der Waals surface area contributed by atoms with Gasteiger partial charge in [-0.05, 0) is 85.8 Å². The van der Waals surface area contributed by atoms with Gasteiger partial charge in [-0.1, -0.05) is 12.1 Å². The lowest BCUT2D eigenvalue weighted by Crippen LogP contribution is -2.43. The van der Waals surface area contributed by atoms with Crippen molar-refractivity contribution < 1.29 is 27.5 Å². The van der Waals surface area contributed by atoms with Crippen LogP contribution in [0, 0.1) is 12.8 Å². The molecule has 1 unspecified atom stereocenters. The van der Waals surface area contributed by atoms with Gasteiger partial charge in [-0.3, -0.25) is 9.59 Å². The Balaban J connectivity index is 1.30. The first-order chi connectivity index (χ1) is 19.2. The summed E-state index contributed by atoms with van der Waals surface area (Å²) in [5.74, 6) is 0.0795. The van der Waals surface area contributed by atoms with Crippen molar-refractivity contribution in [2.75, 3.05) is 44.1 Å². The second-order valence-electron chi connectivity index (χ2n) is 10.1. The number of ether oxygens (including phenoxy) is 2. The molecule has 0 saturated carbocycles. The molecule has 3 aromatic rings. The molecule has 1 saturated heterocycles. The number of methoxy groups -OCH3 is 2. The highest BCUT2D eigenvalue weighted by Crippen LogP contribution is 2.34. The van der Waals surface area contributed by atoms with Gasteiger partial charge in [0.15, 0.2) is 0 Å². The Bertz CT molecular complexity index is 1540. The van der Waals surface area contributed by atoms with E-state index in [1.807, 2.05) is 25.1 Å². The van der Waals surface area contributed by atoms with Gasteiger partial charge in [0, 0.05) is 36.6 Å². The molecule has 2 heterocycles. The van der Waals surface area contributed by atoms with Gasteiger partial charge in [-0.25, -0.2) is 8.42 Å². The van der Waals surface area contributed by atoms with Crippen LogP contribution in [0.2, 0.25) is 0 Å². The van der Waals surface area contributed by atoms with E-state index in [0.717, 1.165) is 23.2 Å². The summed E-state index contributed by atoms with van der Waals surface area (Å²) in [6.07, 6.45) is 1.87. The second kappa shape index (κ2) is 11.3. The molecule has 2 aliphatic rings. The van der Waals surface area contributed by atoms with Gasteiger partial charge in [0.1, 0.15) is 16.4 Å². The normalized spacial score (nSPS) is 17.3. The number of piperidine rings is 1. The van der Waals surface area contributed by atoms with Gasteiger partial charge in [0.05, 0.1) is 20.1 Å². The number of carbonyl (C=O) groups excluding carboxylic acids is 2. The fourth-order valence-corrected chi connectivity index (χ4v) is 7.07. The number of nitrogens with one attached hydrogen (secondary N) is 1. The molecule has 210 valence electrons. The third-order valence-corrected chi connectivity index (χ3v) is 9.41. The number of carbonyl (C=O) groups is 2. The minimum Gasteiger partial charge on any atom is -0.497 e. The Hall–Kier alpha value is -3.89. The third-order valence-electron chi connectivity index (χ3n) is 7.52. The van der Waals surface area contributed by atoms with E-state index in [9.17, 15) is 18.0 Å². The average molecular weight is 564 g/mol. The largest absolute Gasteiger partial charge is 0.497 e. The first-order valence-electron chi connectivity index (χ1n) is 13.3. The highest BCUT2D eigenvalue weighted by molar-refractivity contribution is 7.89. The summed E-state index contributed by atoms with van der Waals surface area (Å²) >= 11 is 0. The van der Waals surface area contributed by atoms with E-state index in [2.05, 4.69) is 5.32 Å². The molecule has 0 radical (unpaired) electrons. The van der Waals surface area contributed by atoms with Gasteiger partial charge < -0.3 is 19.7 Å². The van der Waals surface area contributed by atoms with E-state index in [1.54, 1.807) is 54.5 Å². The van der Waals surface area contributed by atoms with Crippen LogP contribution in [0.1, 0.15) is 34.3 Å². The lowest BCUT2D eigenvalue weighted by molar-refractivity contribution is -0.120. The fraction of sp³-hybridized carbons (Fsp3) is 0.333. The van der Waals surface area contributed by atoms with E-state index < -0.39 is 15.9 Å². The number of aryl methyl sites for hydroxylation is 1. The maximum atomic E-state index is 13.5. The zero-order chi connectivity index (χ0) is 28.4. The van der Waals surface area contributed by atoms with Crippen molar-refractivity contribution in [2.24, 2.45) is 5.92 Å². The van der Waals surface area contributed by atoms with Crippen LogP contribution in [0.25, 0.3) is 0 Å². The molecule has 0 spiro atoms. The first kappa shape index (κ1) is 27.7. The van der Waals surface area contributed by atoms with Gasteiger partial charge in [-0.2, -0.15) is 4.31 Å². The number of hydrogen-bond acceptors (Lipinski definition) is 6. The summed E-state index contributed by atoms with van der Waals surface area (Å²) < 4.78 is 38.9. The van der Waals surface area contributed by atoms with Crippen LogP contribution in [0.4, 0.5) is 11.4 Å². The van der Waals surface area contributed by atoms with Gasteiger partial charge in [0.2, 0.25) is 15.9 Å². The smallest absolute Gasteiger partial charge is 0.258 e. The summed E-state index contributed by atoms with van der Waals surface area (Å²) in [6, 6.07) is 17.6. The molecule has 10 heteroatoms. The van der Waals surface area contributed by atoms with Crippen molar-refractivity contribution in [2.45, 2.75) is 31.1 Å². The van der Waals surface area contributed by atoms with Crippen molar-refractivity contribution in [3.8, 4) is 11.5 Å². The minimum atomic E-state index is -3.85. The number of anilines is 2. The Morgan fingerprint density at radius 2 is 1.73 bits per heavy atom. The Morgan fingerprint density at radius 3 is 2.45 bits per heavy atom. The van der Waals surface area contributed by atoms with Crippen molar-refractivity contribution in [3.05, 3.63) is 77.4 Å². The summed E-state index contributed by atoms with van der Waals surface area (Å²) in [4.78, 5) is 28.4. The van der Waals surface area contributed by atoms with E-state index in [1.165, 1.54) is 11.4 Å². The molecule has 3 aromatic carbocycles. The van der Waals surface area contributed by atoms with E-state index in [-0.39, 0.29) is 29.0 Å². The van der Waals surface area contributed by atoms with Crippen LogP contribution in [0.15, 0.2) is 65.6 Å². The number of amides is 2. The molecule has 0 bridgehead atoms. The molecule has 2 aliphatic heterocycles. The predicted octanol–water partition coefficient (Wildman–Crippen LogP) is 4.25. The number of sulfonamides is 1. The maximum absolute atomic E-state index is 13.5. The highest BCUT2D eigenvalue weighted by atomic mass is 32.2. The lowest BCUT2D eigenvalue weighted by Gasteiger charge is -2.31. The number of benzene rings is 3. The fourth-order valence-electron chi connectivity index (χ4n) is 5.30. The number of hydrogen-bond donors (Lipinski definition) is 1. The molecule has 1 atom stereocenters. The second-order valence-corrected chi connectivity index (χ2v) is 12.0. The van der Waals surface area contributed by atoms with Crippen LogP contribution < -0.4 is 19.7 Å². The first-order valence-corrected chi connectivity index (χ1v) is 14.7. The maximum Gasteiger partial charge on any atom is 0.258 e. The molecular formula is C30H33N3O6S. The van der Waals surface area contributed by atoms with Crippen molar-refractivity contribution >= 4 is 33.2 Å². The quantitative estimate of drug-likeness (QED) is 0.461. The van der Waals surface area contributed by atoms with Gasteiger partial charge >= 0.3 is 0 Å². The summed E-state index contributed by atoms with van der Waals surface area (Å²) in [7, 11) is -0.825. The van der Waals surface area contributed by atoms with Gasteiger partial charge in [0.25, 0.3) is 5.91 Å². The van der Waals surface area contributed by atoms with E-state index in [0.29, 0.717) is 42.9 Å². The zero-order valence-corrected chi connectivity index (χ0v) is 23.7. The predicted molar refractivity (Wildman–Crippen MR) is 153 cm³/mol. The average Bonchev–Trinajstić information content (AvgIpc) is 3.40. The molecule has 1 N–H and O–H groups in total. The van der Waals surface area contributed by atoms with Gasteiger partial charge in [-0.15, -0.1) is 0 Å². The molecular weight excluding hydrogens is 530 g/mol. The Kier molecular flexibility index (Phi) is 7.82. The topological polar surface area (TPSA) is 105 Å². The zero-order valence-electron chi connectivity index (χ0n) is 22.8. The minimum absolute atomic E-state index is 0.0816. The molecule has 2 amide bonds. The summed E-state index contributed by atoms with van der Waals surface area (Å²) in [6.45, 7) is 2.80. The molecule has 0 aromatic heterocycles. The number of fused-ring (bicyclic) bond motifs is 1. The highest BCUT2D eigenvalue weighted by Gasteiger charge is 2.35. The lowest BCUT2D eigenvalue weighted by atomic mass is 9.98. The third kappa shape index (κ3) is 5.41. The van der Waals surface area contributed by atoms with Crippen molar-refractivity contribution in [1.29, 1.82) is 0 Å². The van der Waals surface area contributed by atoms with Crippen LogP contribution >= 0.6 is 0 Å². The Morgan fingerprint density at radius 1 is 0.950 bits per heavy atom. The Labute approximate surface area is 234 Å². The summed E-state index contributed by atoms with van der Waals surface area (Å²) in [5, 5.41) is 2.96. The molecule has 5 rings (SSSR count). The summed E-state index contributed by atoms with van der Waals surface area (Å²) in [5.41, 5.74) is 3.72. The van der Waals surface area contributed by atoms with Crippen LogP contribution in [-0.2, 0) is 21.2 Å². The molecule has 0 aliphatic carbocycles. The number of rotatable bonds is 7. The molecule has 1 fully saturated rings. The SMILES string of the molecule is COc1ccc(C(=O)N2CCc3ccc(NC(=O)C4CCCN(S(=O)(=O)c5cc(C)ccc5OC)C4)cc32)cc1. The van der Waals surface area contributed by atoms with E-state index in [4.69, 9.17) is 9.47 Å². The standard InChI is InChI=1S/C30H33N3O6S/c1-20-6-13-27(39-3)28(17-20)40(36,37)32-15-4-5-23(19-32)29(34)31-24-10-7-21-14-16-33(26(21)18-24)30(35)22-8-11-25(38-2)12-9-22/h6-13,17-18,23H,4-5,14-16,19H2,1-3H3,(H,31,34). The number of nitrogens with zero attached hydrogens (tertiary/aromatic N) is 2. The van der Waals surface area contributed by atoms with Crippen molar-refractivity contribution in [1.82, 2.24) is 4.31 Å². The molecule has 40 heavy (non-hydrogen) atoms.